The lowest BCUT2D eigenvalue weighted by Crippen LogP contribution is -2.39. The minimum atomic E-state index is -0.635. The molecule has 0 saturated carbocycles. The third kappa shape index (κ3) is 13.3. The molecule has 162 valence electrons. The van der Waals surface area contributed by atoms with Gasteiger partial charge in [-0.25, -0.2) is 0 Å². The summed E-state index contributed by atoms with van der Waals surface area (Å²) in [4.78, 5) is 4.43. The first kappa shape index (κ1) is 27.1. The summed E-state index contributed by atoms with van der Waals surface area (Å²) < 4.78 is 11.3. The molecule has 0 bridgehead atoms. The van der Waals surface area contributed by atoms with Crippen molar-refractivity contribution in [3.63, 3.8) is 0 Å². The maximum Gasteiger partial charge on any atom is 0.191 e. The van der Waals surface area contributed by atoms with Crippen molar-refractivity contribution in [3.05, 3.63) is 35.9 Å². The van der Waals surface area contributed by atoms with Gasteiger partial charge in [-0.1, -0.05) is 43.7 Å². The fourth-order valence-corrected chi connectivity index (χ4v) is 2.40. The van der Waals surface area contributed by atoms with Gasteiger partial charge in [-0.05, 0) is 32.3 Å². The summed E-state index contributed by atoms with van der Waals surface area (Å²) in [6.07, 6.45) is 2.51. The highest BCUT2D eigenvalue weighted by molar-refractivity contribution is 14.0. The number of ether oxygens (including phenoxy) is 2. The predicted molar refractivity (Wildman–Crippen MR) is 127 cm³/mol. The van der Waals surface area contributed by atoms with Gasteiger partial charge in [0.2, 0.25) is 0 Å². The fourth-order valence-electron chi connectivity index (χ4n) is 2.40. The Kier molecular flexibility index (Phi) is 17.6. The molecule has 0 aliphatic heterocycles. The normalized spacial score (nSPS) is 13.5. The van der Waals surface area contributed by atoms with Gasteiger partial charge in [-0.15, -0.1) is 24.0 Å². The van der Waals surface area contributed by atoms with Gasteiger partial charge in [-0.3, -0.25) is 4.99 Å². The molecule has 0 radical (unpaired) electrons. The minimum Gasteiger partial charge on any atom is -0.389 e. The predicted octanol–water partition coefficient (Wildman–Crippen LogP) is 3.51. The summed E-state index contributed by atoms with van der Waals surface area (Å²) in [5, 5.41) is 16.6. The van der Waals surface area contributed by atoms with E-state index in [0.29, 0.717) is 12.5 Å². The molecule has 28 heavy (non-hydrogen) atoms. The quantitative estimate of drug-likeness (QED) is 0.156. The van der Waals surface area contributed by atoms with Crippen molar-refractivity contribution in [1.29, 1.82) is 0 Å². The molecule has 0 heterocycles. The standard InChI is InChI=1S/C21H37N3O3.HI/c1-4-6-14-26-15-10-13-23-21(22-5-2)24-16-20(25)17-27-18(3)19-11-8-7-9-12-19;/h7-9,11-12,18,20,25H,4-6,10,13-17H2,1-3H3,(H2,22,23,24);1H. The summed E-state index contributed by atoms with van der Waals surface area (Å²) in [6, 6.07) is 9.99. The van der Waals surface area contributed by atoms with Crippen molar-refractivity contribution in [2.75, 3.05) is 39.5 Å². The number of rotatable bonds is 14. The lowest BCUT2D eigenvalue weighted by atomic mass is 10.1. The van der Waals surface area contributed by atoms with Crippen LogP contribution in [-0.4, -0.2) is 56.6 Å². The van der Waals surface area contributed by atoms with E-state index in [0.717, 1.165) is 51.1 Å². The number of nitrogens with zero attached hydrogens (tertiary/aromatic N) is 1. The van der Waals surface area contributed by atoms with Crippen LogP contribution in [0.25, 0.3) is 0 Å². The highest BCUT2D eigenvalue weighted by atomic mass is 127. The topological polar surface area (TPSA) is 75.1 Å². The van der Waals surface area contributed by atoms with E-state index < -0.39 is 6.10 Å². The molecule has 0 fully saturated rings. The maximum absolute atomic E-state index is 10.1. The van der Waals surface area contributed by atoms with Crippen LogP contribution in [0.3, 0.4) is 0 Å². The first-order valence-corrected chi connectivity index (χ1v) is 10.1. The van der Waals surface area contributed by atoms with Gasteiger partial charge < -0.3 is 25.2 Å². The Morgan fingerprint density at radius 1 is 1.11 bits per heavy atom. The van der Waals surface area contributed by atoms with Crippen LogP contribution in [0.4, 0.5) is 0 Å². The first-order chi connectivity index (χ1) is 13.2. The average Bonchev–Trinajstić information content (AvgIpc) is 2.70. The van der Waals surface area contributed by atoms with Crippen LogP contribution in [-0.2, 0) is 9.47 Å². The second kappa shape index (κ2) is 18.1. The Morgan fingerprint density at radius 2 is 1.82 bits per heavy atom. The van der Waals surface area contributed by atoms with Crippen molar-refractivity contribution in [2.24, 2.45) is 4.99 Å². The molecule has 0 aliphatic carbocycles. The lowest BCUT2D eigenvalue weighted by Gasteiger charge is -2.16. The van der Waals surface area contributed by atoms with E-state index in [1.165, 1.54) is 0 Å². The fraction of sp³-hybridized carbons (Fsp3) is 0.667. The maximum atomic E-state index is 10.1. The SMILES string of the molecule is CCCCOCCCNC(=NCC(O)COC(C)c1ccccc1)NCC.I. The van der Waals surface area contributed by atoms with Crippen LogP contribution in [0.5, 0.6) is 0 Å². The number of benzene rings is 1. The second-order valence-corrected chi connectivity index (χ2v) is 6.51. The second-order valence-electron chi connectivity index (χ2n) is 6.51. The van der Waals surface area contributed by atoms with Crippen LogP contribution in [0.2, 0.25) is 0 Å². The summed E-state index contributed by atoms with van der Waals surface area (Å²) in [6.45, 7) is 9.86. The Morgan fingerprint density at radius 3 is 2.50 bits per heavy atom. The van der Waals surface area contributed by atoms with E-state index in [4.69, 9.17) is 9.47 Å². The van der Waals surface area contributed by atoms with Gasteiger partial charge in [0.15, 0.2) is 5.96 Å². The van der Waals surface area contributed by atoms with Gasteiger partial charge in [0.1, 0.15) is 0 Å². The zero-order valence-electron chi connectivity index (χ0n) is 17.5. The third-order valence-electron chi connectivity index (χ3n) is 4.01. The molecule has 0 spiro atoms. The van der Waals surface area contributed by atoms with Gasteiger partial charge >= 0.3 is 0 Å². The molecule has 1 rings (SSSR count). The van der Waals surface area contributed by atoms with E-state index in [2.05, 4.69) is 22.5 Å². The smallest absolute Gasteiger partial charge is 0.191 e. The number of halogens is 1. The van der Waals surface area contributed by atoms with Gasteiger partial charge in [0.25, 0.3) is 0 Å². The van der Waals surface area contributed by atoms with E-state index in [9.17, 15) is 5.11 Å². The molecule has 0 amide bonds. The number of aliphatic hydroxyl groups is 1. The molecule has 6 nitrogen and oxygen atoms in total. The van der Waals surface area contributed by atoms with Gasteiger partial charge in [-0.2, -0.15) is 0 Å². The number of nitrogens with one attached hydrogen (secondary N) is 2. The van der Waals surface area contributed by atoms with Crippen LogP contribution in [0, 0.1) is 0 Å². The largest absolute Gasteiger partial charge is 0.389 e. The molecule has 2 unspecified atom stereocenters. The summed E-state index contributed by atoms with van der Waals surface area (Å²) in [5.41, 5.74) is 1.10. The van der Waals surface area contributed by atoms with Crippen molar-refractivity contribution in [2.45, 2.75) is 52.2 Å². The number of hydrogen-bond donors (Lipinski definition) is 3. The van der Waals surface area contributed by atoms with Crippen LogP contribution in [0.1, 0.15) is 51.7 Å². The van der Waals surface area contributed by atoms with Gasteiger partial charge in [0, 0.05) is 26.3 Å². The molecular formula is C21H38IN3O3. The zero-order valence-corrected chi connectivity index (χ0v) is 19.9. The Balaban J connectivity index is 0.00000729. The number of hydrogen-bond acceptors (Lipinski definition) is 4. The van der Waals surface area contributed by atoms with E-state index in [1.807, 2.05) is 44.2 Å². The summed E-state index contributed by atoms with van der Waals surface area (Å²) >= 11 is 0. The zero-order chi connectivity index (χ0) is 19.7. The first-order valence-electron chi connectivity index (χ1n) is 10.1. The summed E-state index contributed by atoms with van der Waals surface area (Å²) in [7, 11) is 0. The van der Waals surface area contributed by atoms with Crippen molar-refractivity contribution in [1.82, 2.24) is 10.6 Å². The van der Waals surface area contributed by atoms with Crippen molar-refractivity contribution >= 4 is 29.9 Å². The lowest BCUT2D eigenvalue weighted by molar-refractivity contribution is 0.00111. The van der Waals surface area contributed by atoms with E-state index >= 15 is 0 Å². The molecule has 0 aromatic heterocycles. The van der Waals surface area contributed by atoms with Crippen LogP contribution in [0.15, 0.2) is 35.3 Å². The number of guanidine groups is 1. The number of aliphatic imine (C=N–C) groups is 1. The molecule has 1 aromatic rings. The third-order valence-corrected chi connectivity index (χ3v) is 4.01. The number of unbranched alkanes of at least 4 members (excludes halogenated alkanes) is 1. The molecular weight excluding hydrogens is 469 g/mol. The van der Waals surface area contributed by atoms with E-state index in [-0.39, 0.29) is 36.7 Å². The van der Waals surface area contributed by atoms with Crippen LogP contribution >= 0.6 is 24.0 Å². The monoisotopic (exact) mass is 507 g/mol. The molecule has 0 aliphatic rings. The Hall–Kier alpha value is -0.900. The van der Waals surface area contributed by atoms with Crippen molar-refractivity contribution in [3.8, 4) is 0 Å². The van der Waals surface area contributed by atoms with Crippen molar-refractivity contribution < 1.29 is 14.6 Å². The van der Waals surface area contributed by atoms with E-state index in [1.54, 1.807) is 0 Å². The molecule has 2 atom stereocenters. The molecule has 1 aromatic carbocycles. The molecule has 7 heteroatoms. The molecule has 3 N–H and O–H groups in total. The van der Waals surface area contributed by atoms with Crippen LogP contribution < -0.4 is 10.6 Å². The Labute approximate surface area is 187 Å². The number of aliphatic hydroxyl groups excluding tert-OH is 1. The highest BCUT2D eigenvalue weighted by Crippen LogP contribution is 2.15. The highest BCUT2D eigenvalue weighted by Gasteiger charge is 2.10. The minimum absolute atomic E-state index is 0. The Bertz CT molecular complexity index is 503. The van der Waals surface area contributed by atoms with Gasteiger partial charge in [0.05, 0.1) is 25.4 Å². The molecule has 0 saturated heterocycles. The summed E-state index contributed by atoms with van der Waals surface area (Å²) in [5.74, 6) is 0.709. The average molecular weight is 507 g/mol.